The number of nitrogens with zero attached hydrogens (tertiary/aromatic N) is 3. The average molecular weight is 324 g/mol. The van der Waals surface area contributed by atoms with E-state index in [0.717, 1.165) is 28.0 Å². The number of aromatic nitrogens is 3. The minimum atomic E-state index is -0.105. The van der Waals surface area contributed by atoms with Gasteiger partial charge in [0, 0.05) is 12.4 Å². The number of aryl methyl sites for hydroxylation is 3. The summed E-state index contributed by atoms with van der Waals surface area (Å²) in [5.41, 5.74) is 3.41. The lowest BCUT2D eigenvalue weighted by atomic mass is 10.2. The van der Waals surface area contributed by atoms with Gasteiger partial charge >= 0.3 is 0 Å². The molecule has 124 valence electrons. The molecule has 0 unspecified atom stereocenters. The van der Waals surface area contributed by atoms with Crippen LogP contribution in [0.3, 0.4) is 0 Å². The van der Waals surface area contributed by atoms with Crippen molar-refractivity contribution in [3.8, 4) is 5.75 Å². The molecule has 1 amide bonds. The SMILES string of the molecule is Cc1ccccc1OCCC(=O)Nc1cnc2c(c1)c(C)nn2C. The molecule has 6 nitrogen and oxygen atoms in total. The number of hydrogen-bond acceptors (Lipinski definition) is 4. The molecule has 3 rings (SSSR count). The third-order valence-corrected chi connectivity index (χ3v) is 3.83. The van der Waals surface area contributed by atoms with Crippen molar-refractivity contribution in [3.05, 3.63) is 47.8 Å². The van der Waals surface area contributed by atoms with Crippen LogP contribution in [0, 0.1) is 13.8 Å². The summed E-state index contributed by atoms with van der Waals surface area (Å²) in [5, 5.41) is 8.11. The Balaban J connectivity index is 1.59. The molecule has 0 radical (unpaired) electrons. The Morgan fingerprint density at radius 3 is 2.88 bits per heavy atom. The number of amides is 1. The molecule has 1 aromatic carbocycles. The van der Waals surface area contributed by atoms with Crippen molar-refractivity contribution in [2.24, 2.45) is 7.05 Å². The standard InChI is InChI=1S/C18H20N4O2/c1-12-6-4-5-7-16(12)24-9-8-17(23)20-14-10-15-13(2)21-22(3)18(15)19-11-14/h4-7,10-11H,8-9H2,1-3H3,(H,20,23). The normalized spacial score (nSPS) is 10.8. The van der Waals surface area contributed by atoms with Crippen molar-refractivity contribution in [1.82, 2.24) is 14.8 Å². The predicted molar refractivity (Wildman–Crippen MR) is 93.2 cm³/mol. The second-order valence-corrected chi connectivity index (χ2v) is 5.72. The number of carbonyl (C=O) groups excluding carboxylic acids is 1. The zero-order chi connectivity index (χ0) is 17.1. The average Bonchev–Trinajstić information content (AvgIpc) is 2.83. The van der Waals surface area contributed by atoms with Gasteiger partial charge in [-0.05, 0) is 31.5 Å². The third-order valence-electron chi connectivity index (χ3n) is 3.83. The highest BCUT2D eigenvalue weighted by Gasteiger charge is 2.09. The minimum Gasteiger partial charge on any atom is -0.493 e. The van der Waals surface area contributed by atoms with Crippen molar-refractivity contribution in [2.45, 2.75) is 20.3 Å². The van der Waals surface area contributed by atoms with Crippen LogP contribution >= 0.6 is 0 Å². The molecule has 1 N–H and O–H groups in total. The molecule has 6 heteroatoms. The first kappa shape index (κ1) is 16.0. The molecule has 2 aromatic heterocycles. The maximum Gasteiger partial charge on any atom is 0.227 e. The van der Waals surface area contributed by atoms with E-state index in [1.54, 1.807) is 10.9 Å². The summed E-state index contributed by atoms with van der Waals surface area (Å²) in [6.07, 6.45) is 1.92. The van der Waals surface area contributed by atoms with E-state index < -0.39 is 0 Å². The number of carbonyl (C=O) groups is 1. The smallest absolute Gasteiger partial charge is 0.227 e. The molecular weight excluding hydrogens is 304 g/mol. The van der Waals surface area contributed by atoms with E-state index in [9.17, 15) is 4.79 Å². The molecule has 0 saturated heterocycles. The Bertz CT molecular complexity index is 886. The van der Waals surface area contributed by atoms with E-state index in [1.807, 2.05) is 51.2 Å². The zero-order valence-corrected chi connectivity index (χ0v) is 14.0. The van der Waals surface area contributed by atoms with E-state index >= 15 is 0 Å². The highest BCUT2D eigenvalue weighted by molar-refractivity contribution is 5.93. The van der Waals surface area contributed by atoms with Gasteiger partial charge in [-0.15, -0.1) is 0 Å². The van der Waals surface area contributed by atoms with Gasteiger partial charge in [0.25, 0.3) is 0 Å². The van der Waals surface area contributed by atoms with Crippen LogP contribution in [0.15, 0.2) is 36.5 Å². The van der Waals surface area contributed by atoms with Crippen molar-refractivity contribution < 1.29 is 9.53 Å². The summed E-state index contributed by atoms with van der Waals surface area (Å²) in [6, 6.07) is 9.64. The van der Waals surface area contributed by atoms with Crippen LogP contribution in [-0.4, -0.2) is 27.3 Å². The van der Waals surface area contributed by atoms with Gasteiger partial charge in [0.05, 0.1) is 30.6 Å². The minimum absolute atomic E-state index is 0.105. The molecule has 0 fully saturated rings. The number of nitrogens with one attached hydrogen (secondary N) is 1. The van der Waals surface area contributed by atoms with Gasteiger partial charge in [-0.2, -0.15) is 5.10 Å². The van der Waals surface area contributed by atoms with Crippen molar-refractivity contribution in [1.29, 1.82) is 0 Å². The Morgan fingerprint density at radius 2 is 2.08 bits per heavy atom. The summed E-state index contributed by atoms with van der Waals surface area (Å²) < 4.78 is 7.38. The van der Waals surface area contributed by atoms with Crippen LogP contribution in [-0.2, 0) is 11.8 Å². The van der Waals surface area contributed by atoms with Crippen molar-refractivity contribution in [3.63, 3.8) is 0 Å². The fraction of sp³-hybridized carbons (Fsp3) is 0.278. The predicted octanol–water partition coefficient (Wildman–Crippen LogP) is 2.99. The Kier molecular flexibility index (Phi) is 4.46. The van der Waals surface area contributed by atoms with Crippen LogP contribution in [0.4, 0.5) is 5.69 Å². The maximum absolute atomic E-state index is 12.1. The molecule has 3 aromatic rings. The van der Waals surface area contributed by atoms with Gasteiger partial charge in [-0.1, -0.05) is 18.2 Å². The van der Waals surface area contributed by atoms with Crippen molar-refractivity contribution in [2.75, 3.05) is 11.9 Å². The first-order valence-corrected chi connectivity index (χ1v) is 7.82. The molecule has 0 aliphatic rings. The van der Waals surface area contributed by atoms with E-state index in [-0.39, 0.29) is 12.3 Å². The van der Waals surface area contributed by atoms with Gasteiger partial charge in [-0.3, -0.25) is 9.48 Å². The second kappa shape index (κ2) is 6.70. The summed E-state index contributed by atoms with van der Waals surface area (Å²) in [5.74, 6) is 0.700. The van der Waals surface area contributed by atoms with E-state index in [0.29, 0.717) is 12.3 Å². The fourth-order valence-electron chi connectivity index (χ4n) is 2.57. The van der Waals surface area contributed by atoms with E-state index in [4.69, 9.17) is 4.74 Å². The van der Waals surface area contributed by atoms with Crippen LogP contribution < -0.4 is 10.1 Å². The van der Waals surface area contributed by atoms with Gasteiger partial charge in [-0.25, -0.2) is 4.98 Å². The van der Waals surface area contributed by atoms with E-state index in [1.165, 1.54) is 0 Å². The number of rotatable bonds is 5. The first-order valence-electron chi connectivity index (χ1n) is 7.82. The van der Waals surface area contributed by atoms with Gasteiger partial charge in [0.15, 0.2) is 5.65 Å². The van der Waals surface area contributed by atoms with E-state index in [2.05, 4.69) is 15.4 Å². The molecule has 0 atom stereocenters. The Hall–Kier alpha value is -2.89. The number of pyridine rings is 1. The Labute approximate surface area is 140 Å². The molecule has 24 heavy (non-hydrogen) atoms. The van der Waals surface area contributed by atoms with Gasteiger partial charge < -0.3 is 10.1 Å². The summed E-state index contributed by atoms with van der Waals surface area (Å²) >= 11 is 0. The topological polar surface area (TPSA) is 69.0 Å². The molecule has 0 bridgehead atoms. The van der Waals surface area contributed by atoms with Crippen molar-refractivity contribution >= 4 is 22.6 Å². The number of anilines is 1. The molecule has 0 aliphatic carbocycles. The molecule has 0 aliphatic heterocycles. The zero-order valence-electron chi connectivity index (χ0n) is 14.0. The maximum atomic E-state index is 12.1. The lowest BCUT2D eigenvalue weighted by Crippen LogP contribution is -2.15. The Morgan fingerprint density at radius 1 is 1.29 bits per heavy atom. The first-order chi connectivity index (χ1) is 11.5. The van der Waals surface area contributed by atoms with Crippen LogP contribution in [0.5, 0.6) is 5.75 Å². The molecule has 0 saturated carbocycles. The third kappa shape index (κ3) is 3.37. The quantitative estimate of drug-likeness (QED) is 0.783. The second-order valence-electron chi connectivity index (χ2n) is 5.72. The van der Waals surface area contributed by atoms with Gasteiger partial charge in [0.2, 0.25) is 5.91 Å². The number of para-hydroxylation sites is 1. The van der Waals surface area contributed by atoms with Crippen LogP contribution in [0.25, 0.3) is 11.0 Å². The largest absolute Gasteiger partial charge is 0.493 e. The lowest BCUT2D eigenvalue weighted by Gasteiger charge is -2.09. The molecule has 0 spiro atoms. The molecular formula is C18H20N4O2. The number of hydrogen-bond donors (Lipinski definition) is 1. The monoisotopic (exact) mass is 324 g/mol. The highest BCUT2D eigenvalue weighted by atomic mass is 16.5. The summed E-state index contributed by atoms with van der Waals surface area (Å²) in [4.78, 5) is 16.4. The van der Waals surface area contributed by atoms with Crippen LogP contribution in [0.2, 0.25) is 0 Å². The highest BCUT2D eigenvalue weighted by Crippen LogP contribution is 2.19. The molecule has 2 heterocycles. The summed E-state index contributed by atoms with van der Waals surface area (Å²) in [7, 11) is 1.85. The number of ether oxygens (including phenoxy) is 1. The number of fused-ring (bicyclic) bond motifs is 1. The van der Waals surface area contributed by atoms with Crippen LogP contribution in [0.1, 0.15) is 17.7 Å². The lowest BCUT2D eigenvalue weighted by molar-refractivity contribution is -0.116. The van der Waals surface area contributed by atoms with Gasteiger partial charge in [0.1, 0.15) is 5.75 Å². The fourth-order valence-corrected chi connectivity index (χ4v) is 2.57. The summed E-state index contributed by atoms with van der Waals surface area (Å²) in [6.45, 7) is 4.23. The number of benzene rings is 1.